The summed E-state index contributed by atoms with van der Waals surface area (Å²) in [5.74, 6) is 2.98. The van der Waals surface area contributed by atoms with Gasteiger partial charge in [-0.1, -0.05) is 91.3 Å². The molecular weight excluding hydrogens is 673 g/mol. The molecule has 5 heteroatoms. The molecule has 284 valence electrons. The van der Waals surface area contributed by atoms with Crippen molar-refractivity contribution in [3.8, 4) is 34.1 Å². The van der Waals surface area contributed by atoms with E-state index in [1.54, 1.807) is 0 Å². The molecule has 0 spiro atoms. The highest BCUT2D eigenvalue weighted by molar-refractivity contribution is 6.09. The third-order valence-corrected chi connectivity index (χ3v) is 11.0. The number of hydrogen-bond donors (Lipinski definition) is 0. The van der Waals surface area contributed by atoms with Gasteiger partial charge in [-0.3, -0.25) is 4.57 Å². The average Bonchev–Trinajstić information content (AvgIpc) is 3.62. The molecule has 1 unspecified atom stereocenters. The van der Waals surface area contributed by atoms with Gasteiger partial charge in [-0.25, -0.2) is 9.67 Å². The SMILES string of the molecule is Cc1ccnc(-n2c3ccc(C(C)CCCC(C)(C)C)cc3c3ccc(Oc4cc(CCC(C)(C)C)cc(-n5nc(C)c(-c6ccccc6)c5C)c4)cc32)c1. The number of benzene rings is 4. The second-order valence-corrected chi connectivity index (χ2v) is 18.2. The maximum atomic E-state index is 6.85. The van der Waals surface area contributed by atoms with Crippen molar-refractivity contribution in [1.29, 1.82) is 0 Å². The number of pyridine rings is 1. The number of aryl methyl sites for hydroxylation is 3. The molecule has 3 aromatic heterocycles. The quantitative estimate of drug-likeness (QED) is 0.133. The Balaban J connectivity index is 1.30. The number of hydrogen-bond acceptors (Lipinski definition) is 3. The van der Waals surface area contributed by atoms with Gasteiger partial charge in [0.05, 0.1) is 22.4 Å². The minimum absolute atomic E-state index is 0.210. The van der Waals surface area contributed by atoms with Crippen LogP contribution in [0.4, 0.5) is 0 Å². The summed E-state index contributed by atoms with van der Waals surface area (Å²) in [5.41, 5.74) is 12.1. The summed E-state index contributed by atoms with van der Waals surface area (Å²) in [6.07, 6.45) is 7.56. The van der Waals surface area contributed by atoms with E-state index in [1.807, 2.05) is 6.20 Å². The number of rotatable bonds is 11. The molecule has 0 saturated carbocycles. The lowest BCUT2D eigenvalue weighted by Crippen LogP contribution is -2.07. The van der Waals surface area contributed by atoms with E-state index in [-0.39, 0.29) is 5.41 Å². The van der Waals surface area contributed by atoms with Gasteiger partial charge in [0, 0.05) is 40.4 Å². The molecule has 3 heterocycles. The van der Waals surface area contributed by atoms with Crippen LogP contribution in [0.15, 0.2) is 103 Å². The lowest BCUT2D eigenvalue weighted by Gasteiger charge is -2.19. The molecule has 55 heavy (non-hydrogen) atoms. The maximum absolute atomic E-state index is 6.85. The molecule has 7 rings (SSSR count). The molecule has 0 saturated heterocycles. The van der Waals surface area contributed by atoms with Crippen molar-refractivity contribution >= 4 is 21.8 Å². The molecule has 5 nitrogen and oxygen atoms in total. The Bertz CT molecular complexity index is 2450. The first kappa shape index (κ1) is 38.1. The summed E-state index contributed by atoms with van der Waals surface area (Å²) in [7, 11) is 0. The molecule has 0 radical (unpaired) electrons. The Morgan fingerprint density at radius 1 is 0.709 bits per heavy atom. The van der Waals surface area contributed by atoms with Gasteiger partial charge in [-0.2, -0.15) is 5.10 Å². The summed E-state index contributed by atoms with van der Waals surface area (Å²) in [5, 5.41) is 7.51. The average molecular weight is 731 g/mol. The third-order valence-electron chi connectivity index (χ3n) is 11.0. The molecule has 0 amide bonds. The Morgan fingerprint density at radius 2 is 1.47 bits per heavy atom. The monoisotopic (exact) mass is 730 g/mol. The van der Waals surface area contributed by atoms with Crippen LogP contribution < -0.4 is 4.74 Å². The van der Waals surface area contributed by atoms with Crippen molar-refractivity contribution in [2.24, 2.45) is 10.8 Å². The van der Waals surface area contributed by atoms with Crippen molar-refractivity contribution in [1.82, 2.24) is 19.3 Å². The van der Waals surface area contributed by atoms with Crippen molar-refractivity contribution in [3.63, 3.8) is 0 Å². The van der Waals surface area contributed by atoms with E-state index in [0.29, 0.717) is 11.3 Å². The van der Waals surface area contributed by atoms with E-state index >= 15 is 0 Å². The smallest absolute Gasteiger partial charge is 0.137 e. The molecule has 4 aromatic carbocycles. The van der Waals surface area contributed by atoms with E-state index in [0.717, 1.165) is 58.3 Å². The Hall–Kier alpha value is -5.16. The van der Waals surface area contributed by atoms with Crippen LogP contribution in [0.3, 0.4) is 0 Å². The van der Waals surface area contributed by atoms with Crippen LogP contribution in [-0.2, 0) is 6.42 Å². The van der Waals surface area contributed by atoms with Crippen molar-refractivity contribution < 1.29 is 4.74 Å². The second-order valence-electron chi connectivity index (χ2n) is 18.2. The van der Waals surface area contributed by atoms with E-state index in [9.17, 15) is 0 Å². The Kier molecular flexibility index (Phi) is 10.5. The van der Waals surface area contributed by atoms with Crippen LogP contribution in [0.5, 0.6) is 11.5 Å². The maximum Gasteiger partial charge on any atom is 0.137 e. The lowest BCUT2D eigenvalue weighted by molar-refractivity contribution is 0.354. The van der Waals surface area contributed by atoms with Gasteiger partial charge in [0.25, 0.3) is 0 Å². The van der Waals surface area contributed by atoms with Gasteiger partial charge < -0.3 is 4.74 Å². The fourth-order valence-electron chi connectivity index (χ4n) is 7.92. The lowest BCUT2D eigenvalue weighted by atomic mass is 9.86. The van der Waals surface area contributed by atoms with Gasteiger partial charge in [0.15, 0.2) is 0 Å². The summed E-state index contributed by atoms with van der Waals surface area (Å²) < 4.78 is 11.2. The first-order chi connectivity index (χ1) is 26.1. The van der Waals surface area contributed by atoms with Crippen LogP contribution in [-0.4, -0.2) is 19.3 Å². The minimum Gasteiger partial charge on any atom is -0.457 e. The van der Waals surface area contributed by atoms with E-state index < -0.39 is 0 Å². The Morgan fingerprint density at radius 3 is 2.20 bits per heavy atom. The van der Waals surface area contributed by atoms with E-state index in [2.05, 4.69) is 176 Å². The van der Waals surface area contributed by atoms with E-state index in [1.165, 1.54) is 57.9 Å². The number of fused-ring (bicyclic) bond motifs is 3. The van der Waals surface area contributed by atoms with Gasteiger partial charge in [-0.05, 0) is 134 Å². The van der Waals surface area contributed by atoms with Crippen molar-refractivity contribution in [2.45, 2.75) is 107 Å². The summed E-state index contributed by atoms with van der Waals surface area (Å²) >= 11 is 0. The summed E-state index contributed by atoms with van der Waals surface area (Å²) in [6, 6.07) is 34.9. The molecule has 0 fully saturated rings. The van der Waals surface area contributed by atoms with E-state index in [4.69, 9.17) is 14.8 Å². The highest BCUT2D eigenvalue weighted by Gasteiger charge is 2.20. The van der Waals surface area contributed by atoms with Gasteiger partial charge in [-0.15, -0.1) is 0 Å². The zero-order valence-electron chi connectivity index (χ0n) is 34.6. The molecule has 0 aliphatic carbocycles. The molecule has 0 aliphatic heterocycles. The van der Waals surface area contributed by atoms with Gasteiger partial charge in [0.1, 0.15) is 17.3 Å². The fraction of sp³-hybridized carbons (Fsp3) is 0.360. The number of nitrogens with zero attached hydrogens (tertiary/aromatic N) is 4. The second kappa shape index (κ2) is 15.2. The molecule has 7 aromatic rings. The highest BCUT2D eigenvalue weighted by Crippen LogP contribution is 2.39. The largest absolute Gasteiger partial charge is 0.457 e. The van der Waals surface area contributed by atoms with Crippen LogP contribution in [0.2, 0.25) is 0 Å². The Labute approximate surface area is 328 Å². The third kappa shape index (κ3) is 8.57. The molecule has 0 aliphatic rings. The highest BCUT2D eigenvalue weighted by atomic mass is 16.5. The van der Waals surface area contributed by atoms with Crippen molar-refractivity contribution in [3.05, 3.63) is 131 Å². The molecule has 1 atom stereocenters. The van der Waals surface area contributed by atoms with Gasteiger partial charge in [0.2, 0.25) is 0 Å². The topological polar surface area (TPSA) is 44.9 Å². The molecule has 0 N–H and O–H groups in total. The normalized spacial score (nSPS) is 12.8. The van der Waals surface area contributed by atoms with Crippen molar-refractivity contribution in [2.75, 3.05) is 0 Å². The number of ether oxygens (including phenoxy) is 1. The standard InChI is InChI=1S/C50H58N4O/c1-33-23-26-51-47(27-33)53-45-21-18-39(34(2)15-14-24-49(5,6)7)30-44(45)43-20-19-41(32-46(43)53)55-42-29-37(22-25-50(8,9)10)28-40(31-42)54-36(4)48(35(3)52-54)38-16-12-11-13-17-38/h11-13,16-21,23,26-32,34H,14-15,22,24-25H2,1-10H3. The molecular formula is C50H58N4O. The molecule has 0 bridgehead atoms. The van der Waals surface area contributed by atoms with Crippen LogP contribution >= 0.6 is 0 Å². The minimum atomic E-state index is 0.210. The van der Waals surface area contributed by atoms with Crippen LogP contribution in [0.25, 0.3) is 44.4 Å². The zero-order valence-corrected chi connectivity index (χ0v) is 34.6. The first-order valence-corrected chi connectivity index (χ1v) is 20.1. The predicted octanol–water partition coefficient (Wildman–Crippen LogP) is 14.0. The zero-order chi connectivity index (χ0) is 39.1. The predicted molar refractivity (Wildman–Crippen MR) is 231 cm³/mol. The van der Waals surface area contributed by atoms with Crippen LogP contribution in [0.1, 0.15) is 108 Å². The number of aromatic nitrogens is 4. The summed E-state index contributed by atoms with van der Waals surface area (Å²) in [4.78, 5) is 4.87. The van der Waals surface area contributed by atoms with Crippen LogP contribution in [0, 0.1) is 31.6 Å². The first-order valence-electron chi connectivity index (χ1n) is 20.1. The fourth-order valence-corrected chi connectivity index (χ4v) is 7.92. The van der Waals surface area contributed by atoms with Gasteiger partial charge >= 0.3 is 0 Å². The summed E-state index contributed by atoms with van der Waals surface area (Å²) in [6.45, 7) is 22.7.